The Morgan fingerprint density at radius 1 is 1.14 bits per heavy atom. The highest BCUT2D eigenvalue weighted by Gasteiger charge is 2.42. The molecular formula is C14H24F3NO3. The Kier molecular flexibility index (Phi) is 7.45. The van der Waals surface area contributed by atoms with E-state index in [1.807, 2.05) is 13.8 Å². The second-order valence-corrected chi connectivity index (χ2v) is 5.18. The largest absolute Gasteiger partial charge is 0.391 e. The molecule has 0 aromatic rings. The molecule has 1 N–H and O–H groups in total. The number of hydrogen-bond donors (Lipinski definition) is 1. The lowest BCUT2D eigenvalue weighted by Gasteiger charge is -2.29. The minimum absolute atomic E-state index is 0.0297. The highest BCUT2D eigenvalue weighted by molar-refractivity contribution is 5.78. The highest BCUT2D eigenvalue weighted by Crippen LogP contribution is 2.39. The molecule has 1 aliphatic rings. The summed E-state index contributed by atoms with van der Waals surface area (Å²) >= 11 is 0. The molecular weight excluding hydrogens is 287 g/mol. The van der Waals surface area contributed by atoms with Gasteiger partial charge in [0.25, 0.3) is 0 Å². The third kappa shape index (κ3) is 6.22. The van der Waals surface area contributed by atoms with Gasteiger partial charge in [-0.3, -0.25) is 4.79 Å². The zero-order chi connectivity index (χ0) is 15.9. The van der Waals surface area contributed by atoms with Crippen molar-refractivity contribution in [2.45, 2.75) is 52.0 Å². The van der Waals surface area contributed by atoms with E-state index in [4.69, 9.17) is 9.47 Å². The number of carbonyl (C=O) groups excluding carboxylic acids is 1. The Morgan fingerprint density at radius 2 is 1.67 bits per heavy atom. The fraction of sp³-hybridized carbons (Fsp3) is 0.929. The van der Waals surface area contributed by atoms with Crippen molar-refractivity contribution >= 4 is 5.91 Å². The predicted molar refractivity (Wildman–Crippen MR) is 71.6 cm³/mol. The van der Waals surface area contributed by atoms with Gasteiger partial charge in [-0.25, -0.2) is 0 Å². The summed E-state index contributed by atoms with van der Waals surface area (Å²) in [6.07, 6.45) is -4.02. The van der Waals surface area contributed by atoms with Crippen LogP contribution in [0, 0.1) is 11.8 Å². The maximum Gasteiger partial charge on any atom is 0.391 e. The first-order chi connectivity index (χ1) is 9.88. The molecule has 0 aromatic carbocycles. The van der Waals surface area contributed by atoms with Crippen molar-refractivity contribution in [3.8, 4) is 0 Å². The summed E-state index contributed by atoms with van der Waals surface area (Å²) in [5.41, 5.74) is 0. The summed E-state index contributed by atoms with van der Waals surface area (Å²) in [4.78, 5) is 12.0. The van der Waals surface area contributed by atoms with E-state index in [0.717, 1.165) is 0 Å². The Labute approximate surface area is 123 Å². The number of ether oxygens (including phenoxy) is 2. The summed E-state index contributed by atoms with van der Waals surface area (Å²) in [6, 6.07) is 0. The van der Waals surface area contributed by atoms with E-state index in [9.17, 15) is 18.0 Å². The topological polar surface area (TPSA) is 47.6 Å². The smallest absolute Gasteiger partial charge is 0.351 e. The van der Waals surface area contributed by atoms with Crippen LogP contribution in [-0.4, -0.2) is 38.1 Å². The van der Waals surface area contributed by atoms with Crippen LogP contribution in [0.4, 0.5) is 13.2 Å². The minimum atomic E-state index is -4.14. The summed E-state index contributed by atoms with van der Waals surface area (Å²) in [5, 5.41) is 2.71. The molecule has 0 saturated heterocycles. The number of alkyl halides is 3. The van der Waals surface area contributed by atoms with Crippen LogP contribution in [0.3, 0.4) is 0 Å². The van der Waals surface area contributed by atoms with Crippen LogP contribution < -0.4 is 5.32 Å². The van der Waals surface area contributed by atoms with Crippen molar-refractivity contribution in [2.24, 2.45) is 11.8 Å². The first kappa shape index (κ1) is 18.2. The number of halogens is 3. The van der Waals surface area contributed by atoms with Crippen molar-refractivity contribution in [1.29, 1.82) is 0 Å². The molecule has 0 unspecified atom stereocenters. The normalized spacial score (nSPS) is 23.3. The van der Waals surface area contributed by atoms with Crippen molar-refractivity contribution in [1.82, 2.24) is 5.32 Å². The molecule has 0 spiro atoms. The molecule has 1 fully saturated rings. The van der Waals surface area contributed by atoms with Crippen molar-refractivity contribution < 1.29 is 27.4 Å². The number of carbonyl (C=O) groups is 1. The van der Waals surface area contributed by atoms with Gasteiger partial charge in [-0.15, -0.1) is 0 Å². The third-order valence-electron chi connectivity index (χ3n) is 3.71. The van der Waals surface area contributed by atoms with Gasteiger partial charge in [0, 0.05) is 19.1 Å². The van der Waals surface area contributed by atoms with Gasteiger partial charge >= 0.3 is 6.18 Å². The number of hydrogen-bond acceptors (Lipinski definition) is 3. The van der Waals surface area contributed by atoms with Crippen molar-refractivity contribution in [3.05, 3.63) is 0 Å². The lowest BCUT2D eigenvalue weighted by molar-refractivity contribution is -0.184. The van der Waals surface area contributed by atoms with Crippen molar-refractivity contribution in [3.63, 3.8) is 0 Å². The van der Waals surface area contributed by atoms with E-state index >= 15 is 0 Å². The zero-order valence-electron chi connectivity index (χ0n) is 12.5. The molecule has 1 rings (SSSR count). The van der Waals surface area contributed by atoms with Gasteiger partial charge in [0.1, 0.15) is 0 Å². The second-order valence-electron chi connectivity index (χ2n) is 5.18. The lowest BCUT2D eigenvalue weighted by Crippen LogP contribution is -2.40. The van der Waals surface area contributed by atoms with E-state index in [1.54, 1.807) is 0 Å². The molecule has 0 atom stereocenters. The molecule has 7 heteroatoms. The van der Waals surface area contributed by atoms with Crippen LogP contribution in [0.1, 0.15) is 39.5 Å². The van der Waals surface area contributed by atoms with Gasteiger partial charge in [0.05, 0.1) is 12.5 Å². The average molecular weight is 311 g/mol. The highest BCUT2D eigenvalue weighted by atomic mass is 19.4. The summed E-state index contributed by atoms with van der Waals surface area (Å²) < 4.78 is 48.3. The fourth-order valence-corrected chi connectivity index (χ4v) is 2.55. The predicted octanol–water partition coefficient (Wildman–Crippen LogP) is 2.87. The van der Waals surface area contributed by atoms with Crippen LogP contribution in [0.5, 0.6) is 0 Å². The van der Waals surface area contributed by atoms with Crippen molar-refractivity contribution in [2.75, 3.05) is 19.8 Å². The Hall–Kier alpha value is -0.820. The maximum atomic E-state index is 12.6. The summed E-state index contributed by atoms with van der Waals surface area (Å²) in [6.45, 7) is 4.81. The Balaban J connectivity index is 2.33. The van der Waals surface area contributed by atoms with Gasteiger partial charge in [-0.2, -0.15) is 13.2 Å². The van der Waals surface area contributed by atoms with Crippen LogP contribution in [0.15, 0.2) is 0 Å². The molecule has 1 saturated carbocycles. The monoisotopic (exact) mass is 311 g/mol. The van der Waals surface area contributed by atoms with E-state index < -0.39 is 18.4 Å². The van der Waals surface area contributed by atoms with E-state index in [2.05, 4.69) is 5.32 Å². The third-order valence-corrected chi connectivity index (χ3v) is 3.71. The SMILES string of the molecule is CCOC(CNC(=O)C1CCC(C(F)(F)F)CC1)OCC. The molecule has 0 heterocycles. The van der Waals surface area contributed by atoms with Gasteiger partial charge in [0.2, 0.25) is 5.91 Å². The minimum Gasteiger partial charge on any atom is -0.351 e. The number of amides is 1. The Morgan fingerprint density at radius 3 is 2.10 bits per heavy atom. The van der Waals surface area contributed by atoms with Crippen LogP contribution in [0.2, 0.25) is 0 Å². The van der Waals surface area contributed by atoms with Crippen LogP contribution >= 0.6 is 0 Å². The Bertz CT molecular complexity index is 309. The van der Waals surface area contributed by atoms with Crippen LogP contribution in [0.25, 0.3) is 0 Å². The molecule has 0 aliphatic heterocycles. The number of rotatable bonds is 7. The summed E-state index contributed by atoms with van der Waals surface area (Å²) in [5.74, 6) is -1.81. The average Bonchev–Trinajstić information content (AvgIpc) is 2.44. The standard InChI is InChI=1S/C14H24F3NO3/c1-3-20-12(21-4-2)9-18-13(19)10-5-7-11(8-6-10)14(15,16)17/h10-12H,3-9H2,1-2H3,(H,18,19). The first-order valence-corrected chi connectivity index (χ1v) is 7.46. The molecule has 0 bridgehead atoms. The number of nitrogens with one attached hydrogen (secondary N) is 1. The van der Waals surface area contributed by atoms with Gasteiger partial charge < -0.3 is 14.8 Å². The second kappa shape index (κ2) is 8.58. The molecule has 4 nitrogen and oxygen atoms in total. The van der Waals surface area contributed by atoms with Gasteiger partial charge in [-0.05, 0) is 39.5 Å². The molecule has 0 aromatic heterocycles. The first-order valence-electron chi connectivity index (χ1n) is 7.46. The van der Waals surface area contributed by atoms with Crippen LogP contribution in [-0.2, 0) is 14.3 Å². The quantitative estimate of drug-likeness (QED) is 0.736. The van der Waals surface area contributed by atoms with E-state index in [-0.39, 0.29) is 44.1 Å². The molecule has 1 amide bonds. The fourth-order valence-electron chi connectivity index (χ4n) is 2.55. The molecule has 1 aliphatic carbocycles. The molecule has 0 radical (unpaired) electrons. The van der Waals surface area contributed by atoms with Gasteiger partial charge in [-0.1, -0.05) is 0 Å². The summed E-state index contributed by atoms with van der Waals surface area (Å²) in [7, 11) is 0. The zero-order valence-corrected chi connectivity index (χ0v) is 12.5. The molecule has 21 heavy (non-hydrogen) atoms. The molecule has 124 valence electrons. The maximum absolute atomic E-state index is 12.6. The van der Waals surface area contributed by atoms with Gasteiger partial charge in [0.15, 0.2) is 6.29 Å². The van der Waals surface area contributed by atoms with E-state index in [0.29, 0.717) is 13.2 Å². The lowest BCUT2D eigenvalue weighted by atomic mass is 9.81. The van der Waals surface area contributed by atoms with E-state index in [1.165, 1.54) is 0 Å².